The van der Waals surface area contributed by atoms with Gasteiger partial charge >= 0.3 is 0 Å². The summed E-state index contributed by atoms with van der Waals surface area (Å²) >= 11 is 0. The highest BCUT2D eigenvalue weighted by Crippen LogP contribution is 2.47. The number of hydrogen-bond acceptors (Lipinski definition) is 3. The lowest BCUT2D eigenvalue weighted by Gasteiger charge is -2.47. The van der Waals surface area contributed by atoms with Crippen molar-refractivity contribution in [3.63, 3.8) is 0 Å². The molecule has 0 aromatic carbocycles. The normalized spacial score (nSPS) is 14.0. The topological polar surface area (TPSA) is 27.7 Å². The molecule has 0 N–H and O–H groups in total. The first kappa shape index (κ1) is 26.9. The van der Waals surface area contributed by atoms with E-state index < -0.39 is 0 Å². The van der Waals surface area contributed by atoms with Gasteiger partial charge < -0.3 is 14.2 Å². The van der Waals surface area contributed by atoms with E-state index in [1.807, 2.05) is 0 Å². The van der Waals surface area contributed by atoms with Crippen molar-refractivity contribution in [3.8, 4) is 0 Å². The Bertz CT molecular complexity index is 330. The van der Waals surface area contributed by atoms with Crippen LogP contribution in [0.2, 0.25) is 0 Å². The summed E-state index contributed by atoms with van der Waals surface area (Å²) in [5.74, 6) is 0. The molecule has 0 fully saturated rings. The minimum Gasteiger partial charge on any atom is -0.376 e. The van der Waals surface area contributed by atoms with Gasteiger partial charge in [-0.3, -0.25) is 0 Å². The molecule has 0 aliphatic heterocycles. The first-order valence-corrected chi connectivity index (χ1v) is 11.3. The Kier molecular flexibility index (Phi) is 11.7. The van der Waals surface area contributed by atoms with Crippen molar-refractivity contribution in [2.75, 3.05) is 19.8 Å². The van der Waals surface area contributed by atoms with Crippen LogP contribution in [0.15, 0.2) is 0 Å². The van der Waals surface area contributed by atoms with E-state index in [2.05, 4.69) is 69.2 Å². The van der Waals surface area contributed by atoms with Crippen LogP contribution in [0.1, 0.15) is 114 Å². The van der Waals surface area contributed by atoms with E-state index in [0.717, 1.165) is 64.8 Å². The molecule has 0 aliphatic carbocycles. The molecule has 3 nitrogen and oxygen atoms in total. The second-order valence-corrected chi connectivity index (χ2v) is 10.2. The van der Waals surface area contributed by atoms with E-state index in [1.54, 1.807) is 0 Å². The van der Waals surface area contributed by atoms with Crippen LogP contribution in [0.25, 0.3) is 0 Å². The Morgan fingerprint density at radius 2 is 0.741 bits per heavy atom. The largest absolute Gasteiger partial charge is 0.376 e. The molecule has 27 heavy (non-hydrogen) atoms. The Hall–Kier alpha value is -0.120. The van der Waals surface area contributed by atoms with Crippen molar-refractivity contribution in [2.24, 2.45) is 5.41 Å². The highest BCUT2D eigenvalue weighted by molar-refractivity contribution is 4.95. The molecule has 0 amide bonds. The predicted octanol–water partition coefficient (Wildman–Crippen LogP) is 7.17. The molecule has 0 unspecified atom stereocenters. The molecule has 0 radical (unpaired) electrons. The molecular formula is C24H50O3. The quantitative estimate of drug-likeness (QED) is 0.281. The van der Waals surface area contributed by atoms with Crippen LogP contribution >= 0.6 is 0 Å². The van der Waals surface area contributed by atoms with Crippen LogP contribution in [-0.2, 0) is 14.2 Å². The summed E-state index contributed by atoms with van der Waals surface area (Å²) in [6.07, 6.45) is 7.33. The monoisotopic (exact) mass is 386 g/mol. The first-order valence-electron chi connectivity index (χ1n) is 11.3. The molecule has 0 bridgehead atoms. The van der Waals surface area contributed by atoms with Gasteiger partial charge in [-0.25, -0.2) is 0 Å². The van der Waals surface area contributed by atoms with Crippen LogP contribution in [0.4, 0.5) is 0 Å². The van der Waals surface area contributed by atoms with Crippen LogP contribution < -0.4 is 0 Å². The SMILES string of the molecule is CCCOC(C)(C)CC(CC)(CC(C)(C)OCCC)CC(C)(C)OCCC. The van der Waals surface area contributed by atoms with E-state index in [4.69, 9.17) is 14.2 Å². The number of ether oxygens (including phenoxy) is 3. The highest BCUT2D eigenvalue weighted by Gasteiger charge is 2.43. The highest BCUT2D eigenvalue weighted by atomic mass is 16.5. The van der Waals surface area contributed by atoms with Crippen LogP contribution in [0.5, 0.6) is 0 Å². The van der Waals surface area contributed by atoms with Gasteiger partial charge in [0.15, 0.2) is 0 Å². The van der Waals surface area contributed by atoms with Crippen LogP contribution in [0.3, 0.4) is 0 Å². The summed E-state index contributed by atoms with van der Waals surface area (Å²) in [5.41, 5.74) is -0.319. The summed E-state index contributed by atoms with van der Waals surface area (Å²) in [6.45, 7) is 24.8. The third kappa shape index (κ3) is 11.5. The van der Waals surface area contributed by atoms with Gasteiger partial charge in [0.25, 0.3) is 0 Å². The van der Waals surface area contributed by atoms with Crippen LogP contribution in [-0.4, -0.2) is 36.6 Å². The zero-order valence-electron chi connectivity index (χ0n) is 20.3. The predicted molar refractivity (Wildman–Crippen MR) is 118 cm³/mol. The lowest BCUT2D eigenvalue weighted by atomic mass is 9.65. The van der Waals surface area contributed by atoms with Gasteiger partial charge in [0, 0.05) is 19.8 Å². The van der Waals surface area contributed by atoms with E-state index in [0.29, 0.717) is 0 Å². The van der Waals surface area contributed by atoms with Gasteiger partial charge in [0.2, 0.25) is 0 Å². The molecule has 0 saturated heterocycles. The maximum atomic E-state index is 6.25. The van der Waals surface area contributed by atoms with Gasteiger partial charge in [-0.2, -0.15) is 0 Å². The third-order valence-corrected chi connectivity index (χ3v) is 5.24. The summed E-state index contributed by atoms with van der Waals surface area (Å²) in [6, 6.07) is 0. The smallest absolute Gasteiger partial charge is 0.0631 e. The molecule has 0 spiro atoms. The van der Waals surface area contributed by atoms with E-state index in [-0.39, 0.29) is 22.2 Å². The average molecular weight is 387 g/mol. The summed E-state index contributed by atoms with van der Waals surface area (Å²) in [5, 5.41) is 0. The van der Waals surface area contributed by atoms with E-state index in [9.17, 15) is 0 Å². The average Bonchev–Trinajstić information content (AvgIpc) is 2.55. The molecule has 164 valence electrons. The van der Waals surface area contributed by atoms with Gasteiger partial charge in [-0.1, -0.05) is 34.1 Å². The first-order chi connectivity index (χ1) is 12.4. The Morgan fingerprint density at radius 3 is 0.926 bits per heavy atom. The van der Waals surface area contributed by atoms with Crippen molar-refractivity contribution in [1.82, 2.24) is 0 Å². The second-order valence-electron chi connectivity index (χ2n) is 10.2. The van der Waals surface area contributed by atoms with E-state index in [1.165, 1.54) is 0 Å². The molecular weight excluding hydrogens is 336 g/mol. The molecule has 0 aromatic heterocycles. The fourth-order valence-electron chi connectivity index (χ4n) is 4.56. The molecule has 0 rings (SSSR count). The van der Waals surface area contributed by atoms with Gasteiger partial charge in [0.05, 0.1) is 16.8 Å². The van der Waals surface area contributed by atoms with Gasteiger partial charge in [-0.15, -0.1) is 0 Å². The number of rotatable bonds is 16. The maximum Gasteiger partial charge on any atom is 0.0631 e. The Labute approximate surface area is 170 Å². The van der Waals surface area contributed by atoms with Crippen LogP contribution in [0, 0.1) is 5.41 Å². The molecule has 0 heterocycles. The summed E-state index contributed by atoms with van der Waals surface area (Å²) in [4.78, 5) is 0. The number of hydrogen-bond donors (Lipinski definition) is 0. The van der Waals surface area contributed by atoms with Crippen molar-refractivity contribution in [2.45, 2.75) is 131 Å². The zero-order valence-corrected chi connectivity index (χ0v) is 20.3. The van der Waals surface area contributed by atoms with Crippen molar-refractivity contribution >= 4 is 0 Å². The molecule has 0 saturated carbocycles. The molecule has 3 heteroatoms. The molecule has 0 aliphatic rings. The standard InChI is InChI=1S/C24H50O3/c1-11-15-25-21(5,6)18-24(14-4,19-22(7,8)26-16-12-2)20-23(9,10)27-17-13-3/h11-20H2,1-10H3. The third-order valence-electron chi connectivity index (χ3n) is 5.24. The fraction of sp³-hybridized carbons (Fsp3) is 1.00. The van der Waals surface area contributed by atoms with Crippen molar-refractivity contribution in [1.29, 1.82) is 0 Å². The van der Waals surface area contributed by atoms with Crippen molar-refractivity contribution in [3.05, 3.63) is 0 Å². The van der Waals surface area contributed by atoms with Gasteiger partial charge in [-0.05, 0) is 85.5 Å². The summed E-state index contributed by atoms with van der Waals surface area (Å²) in [7, 11) is 0. The maximum absolute atomic E-state index is 6.25. The van der Waals surface area contributed by atoms with Crippen molar-refractivity contribution < 1.29 is 14.2 Å². The fourth-order valence-corrected chi connectivity index (χ4v) is 4.56. The molecule has 0 atom stereocenters. The lowest BCUT2D eigenvalue weighted by Crippen LogP contribution is -2.45. The zero-order chi connectivity index (χ0) is 21.2. The van der Waals surface area contributed by atoms with E-state index >= 15 is 0 Å². The summed E-state index contributed by atoms with van der Waals surface area (Å²) < 4.78 is 18.7. The minimum atomic E-state index is -0.145. The van der Waals surface area contributed by atoms with Gasteiger partial charge in [0.1, 0.15) is 0 Å². The minimum absolute atomic E-state index is 0.117. The lowest BCUT2D eigenvalue weighted by molar-refractivity contribution is -0.119. The Morgan fingerprint density at radius 1 is 0.481 bits per heavy atom. The molecule has 0 aromatic rings. The second kappa shape index (κ2) is 11.8. The Balaban J connectivity index is 5.59.